The van der Waals surface area contributed by atoms with Gasteiger partial charge in [0.1, 0.15) is 26.7 Å². The van der Waals surface area contributed by atoms with E-state index in [-0.39, 0.29) is 34.8 Å². The summed E-state index contributed by atoms with van der Waals surface area (Å²) in [6.45, 7) is 9.10. The Bertz CT molecular complexity index is 1560. The Balaban J connectivity index is 1.60. The SMILES string of the molecule is CCOC(=O)c1cn2c(cc1=O)-c1c3cccc(OCC4(CS(C)(=O)=O)CC4)c3nn1CC2C(C)(C)C. The molecule has 1 aromatic carbocycles. The molecule has 37 heavy (non-hydrogen) atoms. The minimum Gasteiger partial charge on any atom is -0.491 e. The fraction of sp³-hybridized carbons (Fsp3) is 0.519. The number of nitrogens with zero attached hydrogens (tertiary/aromatic N) is 3. The highest BCUT2D eigenvalue weighted by molar-refractivity contribution is 7.90. The predicted molar refractivity (Wildman–Crippen MR) is 141 cm³/mol. The molecule has 0 amide bonds. The number of pyridine rings is 1. The number of carbonyl (C=O) groups excluding carboxylic acids is 1. The molecular formula is C27H33N3O6S. The highest BCUT2D eigenvalue weighted by atomic mass is 32.2. The molecule has 5 rings (SSSR count). The number of carbonyl (C=O) groups is 1. The lowest BCUT2D eigenvalue weighted by molar-refractivity contribution is 0.0522. The van der Waals surface area contributed by atoms with E-state index in [1.807, 2.05) is 27.4 Å². The van der Waals surface area contributed by atoms with Crippen LogP contribution in [0.4, 0.5) is 0 Å². The van der Waals surface area contributed by atoms with Crippen molar-refractivity contribution in [2.24, 2.45) is 10.8 Å². The number of rotatable bonds is 7. The summed E-state index contributed by atoms with van der Waals surface area (Å²) in [5.41, 5.74) is 1.21. The van der Waals surface area contributed by atoms with Crippen LogP contribution in [-0.4, -0.2) is 54.0 Å². The maximum atomic E-state index is 13.0. The average molecular weight is 528 g/mol. The number of hydrogen-bond donors (Lipinski definition) is 0. The van der Waals surface area contributed by atoms with Crippen molar-refractivity contribution in [3.8, 4) is 17.1 Å². The third-order valence-corrected chi connectivity index (χ3v) is 8.43. The molecule has 1 aliphatic carbocycles. The summed E-state index contributed by atoms with van der Waals surface area (Å²) >= 11 is 0. The van der Waals surface area contributed by atoms with E-state index >= 15 is 0 Å². The Morgan fingerprint density at radius 1 is 1.24 bits per heavy atom. The van der Waals surface area contributed by atoms with Crippen LogP contribution in [0.5, 0.6) is 5.75 Å². The zero-order valence-corrected chi connectivity index (χ0v) is 22.7. The van der Waals surface area contributed by atoms with Crippen LogP contribution in [0.25, 0.3) is 22.3 Å². The fourth-order valence-electron chi connectivity index (χ4n) is 5.24. The Morgan fingerprint density at radius 2 is 1.97 bits per heavy atom. The van der Waals surface area contributed by atoms with Gasteiger partial charge in [-0.2, -0.15) is 5.10 Å². The van der Waals surface area contributed by atoms with Crippen molar-refractivity contribution in [1.29, 1.82) is 0 Å². The normalized spacial score (nSPS) is 18.2. The molecule has 0 bridgehead atoms. The molecule has 1 saturated carbocycles. The van der Waals surface area contributed by atoms with Crippen molar-refractivity contribution in [2.45, 2.75) is 53.1 Å². The zero-order chi connectivity index (χ0) is 26.8. The van der Waals surface area contributed by atoms with Crippen molar-refractivity contribution in [3.05, 3.63) is 46.2 Å². The van der Waals surface area contributed by atoms with Crippen LogP contribution in [-0.2, 0) is 21.1 Å². The highest BCUT2D eigenvalue weighted by Crippen LogP contribution is 2.48. The molecule has 3 aromatic rings. The van der Waals surface area contributed by atoms with Gasteiger partial charge in [0.25, 0.3) is 0 Å². The molecule has 1 atom stereocenters. The minimum absolute atomic E-state index is 0.0155. The number of ether oxygens (including phenoxy) is 2. The number of esters is 1. The van der Waals surface area contributed by atoms with Crippen molar-refractivity contribution in [1.82, 2.24) is 14.3 Å². The highest BCUT2D eigenvalue weighted by Gasteiger charge is 2.46. The molecule has 3 heterocycles. The van der Waals surface area contributed by atoms with Crippen molar-refractivity contribution in [2.75, 3.05) is 25.2 Å². The molecule has 0 N–H and O–H groups in total. The van der Waals surface area contributed by atoms with Gasteiger partial charge in [0.15, 0.2) is 5.43 Å². The van der Waals surface area contributed by atoms with Gasteiger partial charge in [0, 0.05) is 29.3 Å². The second-order valence-electron chi connectivity index (χ2n) is 11.5. The fourth-order valence-corrected chi connectivity index (χ4v) is 6.73. The summed E-state index contributed by atoms with van der Waals surface area (Å²) in [6, 6.07) is 7.08. The van der Waals surface area contributed by atoms with Crippen molar-refractivity contribution >= 4 is 26.7 Å². The Hall–Kier alpha value is -3.14. The number of fused-ring (bicyclic) bond motifs is 5. The van der Waals surface area contributed by atoms with Gasteiger partial charge in [-0.05, 0) is 31.2 Å². The largest absolute Gasteiger partial charge is 0.491 e. The summed E-state index contributed by atoms with van der Waals surface area (Å²) in [5, 5.41) is 5.72. The summed E-state index contributed by atoms with van der Waals surface area (Å²) in [5.74, 6) is 0.0730. The number of sulfone groups is 1. The monoisotopic (exact) mass is 527 g/mol. The van der Waals surface area contributed by atoms with Crippen LogP contribution in [0.2, 0.25) is 0 Å². The quantitative estimate of drug-likeness (QED) is 0.429. The molecule has 198 valence electrons. The molecule has 1 unspecified atom stereocenters. The van der Waals surface area contributed by atoms with E-state index in [9.17, 15) is 18.0 Å². The lowest BCUT2D eigenvalue weighted by atomic mass is 9.85. The molecule has 10 heteroatoms. The number of benzene rings is 1. The average Bonchev–Trinajstić information content (AvgIpc) is 3.43. The molecule has 2 aliphatic rings. The van der Waals surface area contributed by atoms with Crippen molar-refractivity contribution < 1.29 is 22.7 Å². The van der Waals surface area contributed by atoms with Gasteiger partial charge in [-0.25, -0.2) is 13.2 Å². The lowest BCUT2D eigenvalue weighted by Gasteiger charge is -2.38. The van der Waals surface area contributed by atoms with Gasteiger partial charge in [-0.1, -0.05) is 32.9 Å². The third-order valence-electron chi connectivity index (χ3n) is 7.29. The van der Waals surface area contributed by atoms with Gasteiger partial charge >= 0.3 is 5.97 Å². The maximum Gasteiger partial charge on any atom is 0.343 e. The van der Waals surface area contributed by atoms with E-state index in [4.69, 9.17) is 14.6 Å². The second kappa shape index (κ2) is 8.72. The lowest BCUT2D eigenvalue weighted by Crippen LogP contribution is -2.35. The molecule has 0 spiro atoms. The van der Waals surface area contributed by atoms with E-state index in [1.54, 1.807) is 13.1 Å². The smallest absolute Gasteiger partial charge is 0.343 e. The van der Waals surface area contributed by atoms with E-state index in [0.29, 0.717) is 30.1 Å². The predicted octanol–water partition coefficient (Wildman–Crippen LogP) is 3.85. The van der Waals surface area contributed by atoms with E-state index in [2.05, 4.69) is 20.8 Å². The van der Waals surface area contributed by atoms with Crippen LogP contribution in [0.1, 0.15) is 56.9 Å². The van der Waals surface area contributed by atoms with Gasteiger partial charge in [0.2, 0.25) is 0 Å². The minimum atomic E-state index is -3.10. The first-order valence-electron chi connectivity index (χ1n) is 12.6. The van der Waals surface area contributed by atoms with Crippen molar-refractivity contribution in [3.63, 3.8) is 0 Å². The maximum absolute atomic E-state index is 13.0. The van der Waals surface area contributed by atoms with Gasteiger partial charge in [-0.3, -0.25) is 9.48 Å². The first-order chi connectivity index (χ1) is 17.3. The molecule has 0 saturated heterocycles. The van der Waals surface area contributed by atoms with Crippen LogP contribution in [0.15, 0.2) is 35.3 Å². The van der Waals surface area contributed by atoms with E-state index < -0.39 is 21.2 Å². The Kier molecular flexibility index (Phi) is 6.01. The molecular weight excluding hydrogens is 494 g/mol. The third kappa shape index (κ3) is 4.79. The topological polar surface area (TPSA) is 109 Å². The standard InChI is InChI=1S/C27H33N3O6S/c1-6-35-25(32)18-13-29-19(12-20(18)31)24-17-8-7-9-21(36-15-27(10-11-27)16-37(5,33)34)23(17)28-30(24)14-22(29)26(2,3)4/h7-9,12-13,22H,6,10-11,14-16H2,1-5H3. The molecule has 2 aromatic heterocycles. The van der Waals surface area contributed by atoms with Gasteiger partial charge in [-0.15, -0.1) is 0 Å². The first kappa shape index (κ1) is 25.5. The first-order valence-corrected chi connectivity index (χ1v) is 14.6. The van der Waals surface area contributed by atoms with Crippen LogP contribution in [0, 0.1) is 10.8 Å². The Labute approximate surface area is 216 Å². The summed E-state index contributed by atoms with van der Waals surface area (Å²) in [6.07, 6.45) is 4.52. The second-order valence-corrected chi connectivity index (χ2v) is 13.6. The van der Waals surface area contributed by atoms with Gasteiger partial charge in [0.05, 0.1) is 42.9 Å². The van der Waals surface area contributed by atoms with E-state index in [1.165, 1.54) is 12.3 Å². The van der Waals surface area contributed by atoms with Crippen LogP contribution >= 0.6 is 0 Å². The van der Waals surface area contributed by atoms with Crippen LogP contribution < -0.4 is 10.2 Å². The molecule has 1 fully saturated rings. The Morgan fingerprint density at radius 3 is 2.59 bits per heavy atom. The van der Waals surface area contributed by atoms with E-state index in [0.717, 1.165) is 23.9 Å². The molecule has 9 nitrogen and oxygen atoms in total. The van der Waals surface area contributed by atoms with Gasteiger partial charge < -0.3 is 14.0 Å². The summed E-state index contributed by atoms with van der Waals surface area (Å²) in [4.78, 5) is 25.5. The van der Waals surface area contributed by atoms with Crippen LogP contribution in [0.3, 0.4) is 0 Å². The molecule has 1 aliphatic heterocycles. The summed E-state index contributed by atoms with van der Waals surface area (Å²) < 4.78 is 39.0. The number of aromatic nitrogens is 3. The summed E-state index contributed by atoms with van der Waals surface area (Å²) in [7, 11) is -3.10. The molecule has 0 radical (unpaired) electrons. The number of hydrogen-bond acceptors (Lipinski definition) is 7. The zero-order valence-electron chi connectivity index (χ0n) is 21.9.